The van der Waals surface area contributed by atoms with Crippen LogP contribution in [0.1, 0.15) is 49.7 Å². The lowest BCUT2D eigenvalue weighted by molar-refractivity contribution is -0.149. The van der Waals surface area contributed by atoms with Gasteiger partial charge < -0.3 is 9.47 Å². The first-order valence-corrected chi connectivity index (χ1v) is 9.28. The molecule has 0 radical (unpaired) electrons. The Morgan fingerprint density at radius 3 is 2.76 bits per heavy atom. The topological polar surface area (TPSA) is 52.6 Å². The fraction of sp³-hybridized carbons (Fsp3) is 0.619. The van der Waals surface area contributed by atoms with Gasteiger partial charge in [-0.2, -0.15) is 0 Å². The van der Waals surface area contributed by atoms with Crippen LogP contribution >= 0.6 is 0 Å². The maximum absolute atomic E-state index is 12.9. The van der Waals surface area contributed by atoms with Crippen LogP contribution < -0.4 is 4.74 Å². The van der Waals surface area contributed by atoms with Crippen molar-refractivity contribution in [1.82, 2.24) is 0 Å². The van der Waals surface area contributed by atoms with Crippen molar-refractivity contribution in [3.8, 4) is 5.75 Å². The van der Waals surface area contributed by atoms with Crippen LogP contribution in [0.25, 0.3) is 0 Å². The fourth-order valence-electron chi connectivity index (χ4n) is 5.85. The van der Waals surface area contributed by atoms with Crippen LogP contribution in [-0.4, -0.2) is 26.0 Å². The summed E-state index contributed by atoms with van der Waals surface area (Å²) >= 11 is 0. The molecule has 5 atom stereocenters. The number of carbonyl (C=O) groups excluding carboxylic acids is 2. The molecule has 3 aliphatic carbocycles. The number of aryl methyl sites for hydroxylation is 1. The third-order valence-electron chi connectivity index (χ3n) is 7.18. The van der Waals surface area contributed by atoms with Crippen molar-refractivity contribution in [2.45, 2.75) is 44.9 Å². The minimum Gasteiger partial charge on any atom is -0.497 e. The first-order valence-electron chi connectivity index (χ1n) is 9.28. The van der Waals surface area contributed by atoms with E-state index in [1.54, 1.807) is 7.11 Å². The van der Waals surface area contributed by atoms with E-state index in [1.165, 1.54) is 18.2 Å². The predicted octanol–water partition coefficient (Wildman–Crippen LogP) is 3.52. The van der Waals surface area contributed by atoms with Crippen molar-refractivity contribution in [1.29, 1.82) is 0 Å². The number of hydrogen-bond donors (Lipinski definition) is 0. The van der Waals surface area contributed by atoms with Crippen LogP contribution in [0.5, 0.6) is 5.75 Å². The van der Waals surface area contributed by atoms with Crippen LogP contribution in [0, 0.1) is 23.2 Å². The summed E-state index contributed by atoms with van der Waals surface area (Å²) < 4.78 is 10.3. The summed E-state index contributed by atoms with van der Waals surface area (Å²) in [6.07, 6.45) is 4.67. The molecule has 0 N–H and O–H groups in total. The molecule has 0 aromatic heterocycles. The van der Waals surface area contributed by atoms with Gasteiger partial charge in [-0.3, -0.25) is 9.59 Å². The van der Waals surface area contributed by atoms with E-state index in [4.69, 9.17) is 9.47 Å². The number of ether oxygens (including phenoxy) is 2. The van der Waals surface area contributed by atoms with Gasteiger partial charge in [-0.25, -0.2) is 0 Å². The predicted molar refractivity (Wildman–Crippen MR) is 93.5 cm³/mol. The first-order chi connectivity index (χ1) is 12.0. The molecule has 1 aromatic rings. The summed E-state index contributed by atoms with van der Waals surface area (Å²) in [5, 5.41) is 0. The van der Waals surface area contributed by atoms with Crippen LogP contribution in [0.2, 0.25) is 0 Å². The minimum absolute atomic E-state index is 0.114. The first kappa shape index (κ1) is 16.6. The molecule has 1 aromatic carbocycles. The number of carbonyl (C=O) groups is 2. The highest BCUT2D eigenvalue weighted by atomic mass is 16.5. The van der Waals surface area contributed by atoms with Gasteiger partial charge in [0.15, 0.2) is 5.78 Å². The van der Waals surface area contributed by atoms with Gasteiger partial charge in [-0.1, -0.05) is 13.0 Å². The van der Waals surface area contributed by atoms with Gasteiger partial charge in [-0.15, -0.1) is 0 Å². The monoisotopic (exact) mass is 342 g/mol. The van der Waals surface area contributed by atoms with Crippen LogP contribution in [-0.2, 0) is 20.7 Å². The van der Waals surface area contributed by atoms with Gasteiger partial charge in [-0.05, 0) is 73.1 Å². The van der Waals surface area contributed by atoms with E-state index in [2.05, 4.69) is 19.1 Å². The second-order valence-electron chi connectivity index (χ2n) is 8.11. The van der Waals surface area contributed by atoms with Crippen molar-refractivity contribution in [2.24, 2.45) is 23.2 Å². The smallest absolute Gasteiger partial charge is 0.316 e. The second-order valence-corrected chi connectivity index (χ2v) is 8.11. The lowest BCUT2D eigenvalue weighted by Gasteiger charge is -2.48. The van der Waals surface area contributed by atoms with Crippen LogP contribution in [0.15, 0.2) is 18.2 Å². The highest BCUT2D eigenvalue weighted by Gasteiger charge is 2.59. The maximum Gasteiger partial charge on any atom is 0.316 e. The van der Waals surface area contributed by atoms with E-state index in [-0.39, 0.29) is 23.1 Å². The molecule has 0 amide bonds. The Balaban J connectivity index is 1.67. The van der Waals surface area contributed by atoms with Gasteiger partial charge in [0.2, 0.25) is 0 Å². The Morgan fingerprint density at radius 2 is 2.04 bits per heavy atom. The summed E-state index contributed by atoms with van der Waals surface area (Å²) in [4.78, 5) is 25.0. The summed E-state index contributed by atoms with van der Waals surface area (Å²) in [6, 6.07) is 6.42. The summed E-state index contributed by atoms with van der Waals surface area (Å²) in [6.45, 7) is 2.09. The minimum atomic E-state index is -0.559. The molecular weight excluding hydrogens is 316 g/mol. The average Bonchev–Trinajstić information content (AvgIpc) is 2.91. The molecule has 0 unspecified atom stereocenters. The van der Waals surface area contributed by atoms with E-state index < -0.39 is 5.92 Å². The molecule has 4 heteroatoms. The third-order valence-corrected chi connectivity index (χ3v) is 7.18. The third kappa shape index (κ3) is 2.33. The van der Waals surface area contributed by atoms with Crippen molar-refractivity contribution in [3.05, 3.63) is 29.3 Å². The zero-order chi connectivity index (χ0) is 17.8. The summed E-state index contributed by atoms with van der Waals surface area (Å²) in [5.41, 5.74) is 2.45. The van der Waals surface area contributed by atoms with E-state index in [9.17, 15) is 9.59 Å². The zero-order valence-corrected chi connectivity index (χ0v) is 15.2. The van der Waals surface area contributed by atoms with Gasteiger partial charge in [0.25, 0.3) is 0 Å². The molecule has 134 valence electrons. The fourth-order valence-corrected chi connectivity index (χ4v) is 5.85. The van der Waals surface area contributed by atoms with Crippen molar-refractivity contribution in [3.63, 3.8) is 0 Å². The second kappa shape index (κ2) is 5.86. The van der Waals surface area contributed by atoms with Gasteiger partial charge >= 0.3 is 5.97 Å². The highest BCUT2D eigenvalue weighted by Crippen LogP contribution is 2.60. The Kier molecular flexibility index (Phi) is 3.89. The van der Waals surface area contributed by atoms with E-state index >= 15 is 0 Å². The number of methoxy groups -OCH3 is 2. The van der Waals surface area contributed by atoms with Crippen molar-refractivity contribution < 1.29 is 19.1 Å². The maximum atomic E-state index is 12.9. The van der Waals surface area contributed by atoms with E-state index in [0.717, 1.165) is 31.4 Å². The number of hydrogen-bond acceptors (Lipinski definition) is 4. The molecule has 4 rings (SSSR count). The SMILES string of the molecule is COC(=O)[C@@H]1C[C@H]2[C@@H]3CCc4cc(OC)ccc4[C@H]3CC[C@]2(C)C1=O. The number of fused-ring (bicyclic) bond motifs is 5. The molecule has 2 saturated carbocycles. The number of rotatable bonds is 2. The van der Waals surface area contributed by atoms with Crippen LogP contribution in [0.3, 0.4) is 0 Å². The van der Waals surface area contributed by atoms with Crippen molar-refractivity contribution >= 4 is 11.8 Å². The van der Waals surface area contributed by atoms with E-state index in [0.29, 0.717) is 18.3 Å². The average molecular weight is 342 g/mol. The molecule has 0 aliphatic heterocycles. The quantitative estimate of drug-likeness (QED) is 0.609. The van der Waals surface area contributed by atoms with Crippen LogP contribution in [0.4, 0.5) is 0 Å². The van der Waals surface area contributed by atoms with Crippen molar-refractivity contribution in [2.75, 3.05) is 14.2 Å². The van der Waals surface area contributed by atoms with Gasteiger partial charge in [0.05, 0.1) is 14.2 Å². The normalized spacial score (nSPS) is 36.2. The molecule has 0 bridgehead atoms. The molecule has 0 spiro atoms. The Hall–Kier alpha value is -1.84. The Morgan fingerprint density at radius 1 is 1.24 bits per heavy atom. The molecule has 3 aliphatic rings. The summed E-state index contributed by atoms with van der Waals surface area (Å²) in [7, 11) is 3.09. The lowest BCUT2D eigenvalue weighted by Crippen LogP contribution is -2.42. The van der Waals surface area contributed by atoms with Gasteiger partial charge in [0, 0.05) is 5.41 Å². The molecular formula is C21H26O4. The number of ketones is 1. The number of benzene rings is 1. The standard InChI is InChI=1S/C21H26O4/c1-21-9-8-15-14-7-5-13(24-2)10-12(14)4-6-16(15)18(21)11-17(19(21)22)20(23)25-3/h5,7,10,15-18H,4,6,8-9,11H2,1-3H3/t15-,16-,17-,18+,21+/m1/s1. The largest absolute Gasteiger partial charge is 0.497 e. The molecule has 4 nitrogen and oxygen atoms in total. The number of esters is 1. The molecule has 25 heavy (non-hydrogen) atoms. The molecule has 0 saturated heterocycles. The van der Waals surface area contributed by atoms with Gasteiger partial charge in [0.1, 0.15) is 11.7 Å². The summed E-state index contributed by atoms with van der Waals surface area (Å²) in [5.74, 6) is 1.39. The van der Waals surface area contributed by atoms with E-state index in [1.807, 2.05) is 6.07 Å². The highest BCUT2D eigenvalue weighted by molar-refractivity contribution is 6.03. The zero-order valence-electron chi connectivity index (χ0n) is 15.2. The molecule has 0 heterocycles. The Labute approximate surface area is 148 Å². The lowest BCUT2D eigenvalue weighted by atomic mass is 9.55. The molecule has 2 fully saturated rings. The Bertz CT molecular complexity index is 725. The number of Topliss-reactive ketones (excluding diaryl/α,β-unsaturated/α-hetero) is 1.